The van der Waals surface area contributed by atoms with Crippen molar-refractivity contribution in [1.29, 1.82) is 0 Å². The minimum Gasteiger partial charge on any atom is -0.496 e. The van der Waals surface area contributed by atoms with Crippen LogP contribution in [-0.2, 0) is 0 Å². The van der Waals surface area contributed by atoms with Crippen molar-refractivity contribution in [2.45, 2.75) is 6.92 Å². The molecule has 0 aliphatic heterocycles. The molecule has 106 valence electrons. The highest BCUT2D eigenvalue weighted by atomic mass is 16.5. The van der Waals surface area contributed by atoms with Crippen LogP contribution >= 0.6 is 0 Å². The van der Waals surface area contributed by atoms with Gasteiger partial charge in [0.2, 0.25) is 0 Å². The van der Waals surface area contributed by atoms with Crippen LogP contribution in [0.5, 0.6) is 5.75 Å². The summed E-state index contributed by atoms with van der Waals surface area (Å²) in [6, 6.07) is 13.3. The van der Waals surface area contributed by atoms with Crippen LogP contribution in [0, 0.1) is 6.92 Å². The molecule has 0 atom stereocenters. The Morgan fingerprint density at radius 2 is 1.95 bits per heavy atom. The number of tetrazole rings is 1. The minimum absolute atomic E-state index is 0.612. The van der Waals surface area contributed by atoms with Gasteiger partial charge in [-0.25, -0.2) is 0 Å². The average Bonchev–Trinajstić information content (AvgIpc) is 2.96. The van der Waals surface area contributed by atoms with Gasteiger partial charge in [0.25, 0.3) is 0 Å². The summed E-state index contributed by atoms with van der Waals surface area (Å²) in [6.45, 7) is 2.01. The number of nitrogens with two attached hydrogens (primary N) is 1. The standard InChI is InChI=1S/C15H15N5O/c1-10-5-3-4-6-13(10)20-15(17-18-19-20)12-8-7-11(16)9-14(12)21-2/h3-9H,16H2,1-2H3. The number of anilines is 1. The number of benzene rings is 2. The fourth-order valence-corrected chi connectivity index (χ4v) is 2.21. The van der Waals surface area contributed by atoms with Gasteiger partial charge in [-0.15, -0.1) is 5.10 Å². The third kappa shape index (κ3) is 2.31. The molecule has 0 unspecified atom stereocenters. The molecule has 0 spiro atoms. The van der Waals surface area contributed by atoms with Gasteiger partial charge in [-0.1, -0.05) is 18.2 Å². The lowest BCUT2D eigenvalue weighted by Gasteiger charge is -2.10. The molecule has 0 saturated heterocycles. The summed E-state index contributed by atoms with van der Waals surface area (Å²) >= 11 is 0. The van der Waals surface area contributed by atoms with Crippen LogP contribution in [0.25, 0.3) is 17.1 Å². The van der Waals surface area contributed by atoms with Gasteiger partial charge in [0.1, 0.15) is 5.75 Å². The van der Waals surface area contributed by atoms with Gasteiger partial charge in [-0.3, -0.25) is 0 Å². The first-order chi connectivity index (χ1) is 10.2. The fourth-order valence-electron chi connectivity index (χ4n) is 2.21. The van der Waals surface area contributed by atoms with Crippen LogP contribution in [-0.4, -0.2) is 27.3 Å². The molecule has 1 heterocycles. The van der Waals surface area contributed by atoms with Crippen LogP contribution in [0.2, 0.25) is 0 Å². The lowest BCUT2D eigenvalue weighted by Crippen LogP contribution is -2.03. The van der Waals surface area contributed by atoms with Crippen LogP contribution in [0.15, 0.2) is 42.5 Å². The molecule has 0 fully saturated rings. The second-order valence-electron chi connectivity index (χ2n) is 4.66. The highest BCUT2D eigenvalue weighted by molar-refractivity contribution is 5.69. The molecule has 3 aromatic rings. The van der Waals surface area contributed by atoms with Gasteiger partial charge < -0.3 is 10.5 Å². The maximum atomic E-state index is 5.79. The predicted molar refractivity (Wildman–Crippen MR) is 80.3 cm³/mol. The van der Waals surface area contributed by atoms with E-state index in [0.29, 0.717) is 17.3 Å². The Balaban J connectivity index is 2.18. The van der Waals surface area contributed by atoms with Gasteiger partial charge in [0.05, 0.1) is 18.4 Å². The van der Waals surface area contributed by atoms with E-state index >= 15 is 0 Å². The summed E-state index contributed by atoms with van der Waals surface area (Å²) < 4.78 is 7.08. The quantitative estimate of drug-likeness (QED) is 0.745. The van der Waals surface area contributed by atoms with Gasteiger partial charge in [0.15, 0.2) is 5.82 Å². The van der Waals surface area contributed by atoms with E-state index in [9.17, 15) is 0 Å². The number of aromatic nitrogens is 4. The molecule has 2 aromatic carbocycles. The molecule has 6 heteroatoms. The molecule has 0 bridgehead atoms. The first-order valence-corrected chi connectivity index (χ1v) is 6.49. The average molecular weight is 281 g/mol. The van der Waals surface area contributed by atoms with Crippen LogP contribution < -0.4 is 10.5 Å². The van der Waals surface area contributed by atoms with Crippen molar-refractivity contribution in [3.05, 3.63) is 48.0 Å². The topological polar surface area (TPSA) is 78.8 Å². The number of para-hydroxylation sites is 1. The Hall–Kier alpha value is -2.89. The number of aryl methyl sites for hydroxylation is 1. The Morgan fingerprint density at radius 3 is 2.71 bits per heavy atom. The normalized spacial score (nSPS) is 10.6. The highest BCUT2D eigenvalue weighted by Crippen LogP contribution is 2.31. The van der Waals surface area contributed by atoms with E-state index in [4.69, 9.17) is 10.5 Å². The van der Waals surface area contributed by atoms with E-state index in [-0.39, 0.29) is 0 Å². The molecule has 0 aliphatic rings. The third-order valence-electron chi connectivity index (χ3n) is 3.28. The van der Waals surface area contributed by atoms with Crippen LogP contribution in [0.1, 0.15) is 5.56 Å². The number of methoxy groups -OCH3 is 1. The Kier molecular flexibility index (Phi) is 3.27. The van der Waals surface area contributed by atoms with Gasteiger partial charge in [-0.05, 0) is 41.1 Å². The van der Waals surface area contributed by atoms with Crippen molar-refractivity contribution in [2.24, 2.45) is 0 Å². The van der Waals surface area contributed by atoms with E-state index in [1.165, 1.54) is 0 Å². The van der Waals surface area contributed by atoms with Crippen molar-refractivity contribution in [2.75, 3.05) is 12.8 Å². The fraction of sp³-hybridized carbons (Fsp3) is 0.133. The van der Waals surface area contributed by atoms with E-state index in [0.717, 1.165) is 16.8 Å². The zero-order valence-electron chi connectivity index (χ0n) is 11.8. The van der Waals surface area contributed by atoms with Gasteiger partial charge >= 0.3 is 0 Å². The van der Waals surface area contributed by atoms with Crippen molar-refractivity contribution in [1.82, 2.24) is 20.2 Å². The molecule has 6 nitrogen and oxygen atoms in total. The molecule has 0 amide bonds. The van der Waals surface area contributed by atoms with Crippen molar-refractivity contribution in [3.63, 3.8) is 0 Å². The number of hydrogen-bond donors (Lipinski definition) is 1. The number of rotatable bonds is 3. The number of hydrogen-bond acceptors (Lipinski definition) is 5. The maximum Gasteiger partial charge on any atom is 0.190 e. The number of ether oxygens (including phenoxy) is 1. The second kappa shape index (κ2) is 5.24. The highest BCUT2D eigenvalue weighted by Gasteiger charge is 2.16. The molecule has 1 aromatic heterocycles. The number of nitrogen functional groups attached to an aromatic ring is 1. The minimum atomic E-state index is 0.612. The Bertz CT molecular complexity index is 781. The Morgan fingerprint density at radius 1 is 1.14 bits per heavy atom. The summed E-state index contributed by atoms with van der Waals surface area (Å²) in [5, 5.41) is 12.0. The predicted octanol–water partition coefficient (Wildman–Crippen LogP) is 2.23. The summed E-state index contributed by atoms with van der Waals surface area (Å²) in [5.41, 5.74) is 9.22. The molecule has 3 rings (SSSR count). The molecular weight excluding hydrogens is 266 g/mol. The lowest BCUT2D eigenvalue weighted by molar-refractivity contribution is 0.416. The number of nitrogens with zero attached hydrogens (tertiary/aromatic N) is 4. The largest absolute Gasteiger partial charge is 0.496 e. The van der Waals surface area contributed by atoms with E-state index in [1.807, 2.05) is 37.3 Å². The molecule has 21 heavy (non-hydrogen) atoms. The van der Waals surface area contributed by atoms with Gasteiger partial charge in [-0.2, -0.15) is 4.68 Å². The first kappa shape index (κ1) is 13.1. The summed E-state index contributed by atoms with van der Waals surface area (Å²) in [5.74, 6) is 1.25. The van der Waals surface area contributed by atoms with E-state index < -0.39 is 0 Å². The molecular formula is C15H15N5O. The summed E-state index contributed by atoms with van der Waals surface area (Å²) in [7, 11) is 1.60. The van der Waals surface area contributed by atoms with Crippen molar-refractivity contribution in [3.8, 4) is 22.8 Å². The lowest BCUT2D eigenvalue weighted by atomic mass is 10.1. The van der Waals surface area contributed by atoms with Crippen molar-refractivity contribution >= 4 is 5.69 Å². The summed E-state index contributed by atoms with van der Waals surface area (Å²) in [6.07, 6.45) is 0. The first-order valence-electron chi connectivity index (χ1n) is 6.49. The molecule has 0 saturated carbocycles. The summed E-state index contributed by atoms with van der Waals surface area (Å²) in [4.78, 5) is 0. The maximum absolute atomic E-state index is 5.79. The zero-order chi connectivity index (χ0) is 14.8. The molecule has 0 aliphatic carbocycles. The monoisotopic (exact) mass is 281 g/mol. The smallest absolute Gasteiger partial charge is 0.190 e. The SMILES string of the molecule is COc1cc(N)ccc1-c1nnnn1-c1ccccc1C. The van der Waals surface area contributed by atoms with Crippen molar-refractivity contribution < 1.29 is 4.74 Å². The zero-order valence-corrected chi connectivity index (χ0v) is 11.8. The molecule has 0 radical (unpaired) electrons. The van der Waals surface area contributed by atoms with Crippen LogP contribution in [0.3, 0.4) is 0 Å². The second-order valence-corrected chi connectivity index (χ2v) is 4.66. The third-order valence-corrected chi connectivity index (χ3v) is 3.28. The van der Waals surface area contributed by atoms with Crippen LogP contribution in [0.4, 0.5) is 5.69 Å². The van der Waals surface area contributed by atoms with Gasteiger partial charge in [0, 0.05) is 11.8 Å². The van der Waals surface area contributed by atoms with E-state index in [2.05, 4.69) is 15.5 Å². The van der Waals surface area contributed by atoms with E-state index in [1.54, 1.807) is 23.9 Å². The Labute approximate surface area is 122 Å². The molecule has 2 N–H and O–H groups in total.